The van der Waals surface area contributed by atoms with Crippen LogP contribution in [0.3, 0.4) is 0 Å². The Morgan fingerprint density at radius 1 is 1.25 bits per heavy atom. The molecule has 20 heavy (non-hydrogen) atoms. The molecule has 0 spiro atoms. The smallest absolute Gasteiger partial charge is 0.241 e. The summed E-state index contributed by atoms with van der Waals surface area (Å²) in [5.41, 5.74) is 3.00. The molecular weight excluding hydrogens is 300 g/mol. The van der Waals surface area contributed by atoms with Crippen LogP contribution in [-0.2, 0) is 16.6 Å². The Morgan fingerprint density at radius 2 is 2.00 bits per heavy atom. The zero-order valence-corrected chi connectivity index (χ0v) is 11.9. The summed E-state index contributed by atoms with van der Waals surface area (Å²) in [6.07, 6.45) is 1.36. The van der Waals surface area contributed by atoms with Crippen molar-refractivity contribution in [3.05, 3.63) is 53.2 Å². The van der Waals surface area contributed by atoms with Crippen molar-refractivity contribution in [2.75, 3.05) is 5.43 Å². The van der Waals surface area contributed by atoms with E-state index < -0.39 is 10.0 Å². The highest BCUT2D eigenvalue weighted by Gasteiger charge is 2.15. The van der Waals surface area contributed by atoms with Crippen molar-refractivity contribution in [2.45, 2.75) is 11.4 Å². The van der Waals surface area contributed by atoms with Crippen molar-refractivity contribution in [3.8, 4) is 0 Å². The normalized spacial score (nSPS) is 11.3. The number of hydrogen-bond donors (Lipinski definition) is 3. The van der Waals surface area contributed by atoms with Crippen molar-refractivity contribution in [2.24, 2.45) is 5.84 Å². The molecule has 8 heteroatoms. The second kappa shape index (κ2) is 6.19. The molecule has 0 atom stereocenters. The molecule has 1 aromatic heterocycles. The number of nitrogens with zero attached hydrogens (tertiary/aromatic N) is 1. The molecule has 0 radical (unpaired) electrons. The standard InChI is InChI=1S/C12H13ClN4O2S/c13-11-4-2-1-3-9(11)8-16-20(18,19)10-5-6-15-12(7-10)17-14/h1-7,16H,8,14H2,(H,15,17). The van der Waals surface area contributed by atoms with Crippen LogP contribution in [-0.4, -0.2) is 13.4 Å². The Morgan fingerprint density at radius 3 is 2.70 bits per heavy atom. The third-order valence-electron chi connectivity index (χ3n) is 2.60. The summed E-state index contributed by atoms with van der Waals surface area (Å²) in [7, 11) is -3.65. The van der Waals surface area contributed by atoms with Gasteiger partial charge in [-0.05, 0) is 17.7 Å². The average molecular weight is 313 g/mol. The topological polar surface area (TPSA) is 97.1 Å². The zero-order valence-electron chi connectivity index (χ0n) is 10.4. The molecule has 0 saturated carbocycles. The van der Waals surface area contributed by atoms with E-state index in [1.807, 2.05) is 0 Å². The molecule has 0 aliphatic heterocycles. The Hall–Kier alpha value is -1.67. The number of pyridine rings is 1. The van der Waals surface area contributed by atoms with Crippen LogP contribution in [0.25, 0.3) is 0 Å². The summed E-state index contributed by atoms with van der Waals surface area (Å²) in [6.45, 7) is 0.107. The van der Waals surface area contributed by atoms with E-state index in [1.54, 1.807) is 24.3 Å². The number of benzene rings is 1. The minimum absolute atomic E-state index is 0.0764. The quantitative estimate of drug-likeness (QED) is 0.574. The van der Waals surface area contributed by atoms with Gasteiger partial charge < -0.3 is 5.43 Å². The molecule has 106 valence electrons. The zero-order chi connectivity index (χ0) is 14.6. The third kappa shape index (κ3) is 3.45. The van der Waals surface area contributed by atoms with Gasteiger partial charge in [0.25, 0.3) is 0 Å². The Bertz CT molecular complexity index is 706. The van der Waals surface area contributed by atoms with Crippen LogP contribution in [0, 0.1) is 0 Å². The Kier molecular flexibility index (Phi) is 4.56. The van der Waals surface area contributed by atoms with Gasteiger partial charge in [-0.2, -0.15) is 0 Å². The molecule has 1 aromatic carbocycles. The lowest BCUT2D eigenvalue weighted by molar-refractivity contribution is 0.581. The van der Waals surface area contributed by atoms with Gasteiger partial charge >= 0.3 is 0 Å². The number of sulfonamides is 1. The Balaban J connectivity index is 2.17. The molecule has 0 aliphatic carbocycles. The molecule has 6 nitrogen and oxygen atoms in total. The van der Waals surface area contributed by atoms with Crippen LogP contribution < -0.4 is 16.0 Å². The number of nitrogens with one attached hydrogen (secondary N) is 2. The number of nitrogen functional groups attached to an aromatic ring is 1. The first kappa shape index (κ1) is 14.7. The molecule has 0 aliphatic rings. The summed E-state index contributed by atoms with van der Waals surface area (Å²) in [6, 6.07) is 9.75. The number of aromatic nitrogens is 1. The van der Waals surface area contributed by atoms with E-state index in [0.717, 1.165) is 0 Å². The minimum atomic E-state index is -3.65. The highest BCUT2D eigenvalue weighted by atomic mass is 35.5. The number of hydrogen-bond acceptors (Lipinski definition) is 5. The highest BCUT2D eigenvalue weighted by molar-refractivity contribution is 7.89. The number of nitrogens with two attached hydrogens (primary N) is 1. The van der Waals surface area contributed by atoms with E-state index in [1.165, 1.54) is 18.3 Å². The predicted molar refractivity (Wildman–Crippen MR) is 77.5 cm³/mol. The molecule has 0 amide bonds. The molecule has 2 rings (SSSR count). The van der Waals surface area contributed by atoms with Crippen LogP contribution in [0.1, 0.15) is 5.56 Å². The SMILES string of the molecule is NNc1cc(S(=O)(=O)NCc2ccccc2Cl)ccn1. The van der Waals surface area contributed by atoms with Gasteiger partial charge in [0.1, 0.15) is 5.82 Å². The third-order valence-corrected chi connectivity index (χ3v) is 4.37. The van der Waals surface area contributed by atoms with E-state index in [-0.39, 0.29) is 17.3 Å². The lowest BCUT2D eigenvalue weighted by Crippen LogP contribution is -2.23. The van der Waals surface area contributed by atoms with Gasteiger partial charge in [-0.25, -0.2) is 24.0 Å². The molecular formula is C12H13ClN4O2S. The summed E-state index contributed by atoms with van der Waals surface area (Å²) in [5.74, 6) is 5.47. The maximum Gasteiger partial charge on any atom is 0.241 e. The van der Waals surface area contributed by atoms with E-state index >= 15 is 0 Å². The number of rotatable bonds is 5. The van der Waals surface area contributed by atoms with E-state index in [9.17, 15) is 8.42 Å². The molecule has 2 aromatic rings. The molecule has 0 saturated heterocycles. The van der Waals surface area contributed by atoms with Gasteiger partial charge in [-0.1, -0.05) is 29.8 Å². The lowest BCUT2D eigenvalue weighted by atomic mass is 10.2. The fourth-order valence-electron chi connectivity index (χ4n) is 1.56. The predicted octanol–water partition coefficient (Wildman–Crippen LogP) is 1.50. The van der Waals surface area contributed by atoms with Gasteiger partial charge in [0.05, 0.1) is 4.90 Å². The summed E-state index contributed by atoms with van der Waals surface area (Å²) >= 11 is 5.98. The van der Waals surface area contributed by atoms with Crippen LogP contribution in [0.5, 0.6) is 0 Å². The second-order valence-corrected chi connectivity index (χ2v) is 6.11. The van der Waals surface area contributed by atoms with E-state index in [0.29, 0.717) is 10.6 Å². The fourth-order valence-corrected chi connectivity index (χ4v) is 2.78. The highest BCUT2D eigenvalue weighted by Crippen LogP contribution is 2.16. The van der Waals surface area contributed by atoms with Gasteiger partial charge in [0.2, 0.25) is 10.0 Å². The van der Waals surface area contributed by atoms with Gasteiger partial charge in [0.15, 0.2) is 0 Å². The summed E-state index contributed by atoms with van der Waals surface area (Å²) < 4.78 is 26.7. The lowest BCUT2D eigenvalue weighted by Gasteiger charge is -2.08. The van der Waals surface area contributed by atoms with Crippen molar-refractivity contribution in [1.82, 2.24) is 9.71 Å². The number of halogens is 1. The summed E-state index contributed by atoms with van der Waals surface area (Å²) in [5, 5.41) is 0.509. The Labute approximate surface area is 122 Å². The first-order valence-corrected chi connectivity index (χ1v) is 7.55. The van der Waals surface area contributed by atoms with Crippen molar-refractivity contribution in [3.63, 3.8) is 0 Å². The maximum absolute atomic E-state index is 12.1. The van der Waals surface area contributed by atoms with E-state index in [4.69, 9.17) is 17.4 Å². The molecule has 0 unspecified atom stereocenters. The van der Waals surface area contributed by atoms with Crippen molar-refractivity contribution < 1.29 is 8.42 Å². The molecule has 0 bridgehead atoms. The average Bonchev–Trinajstić information content (AvgIpc) is 2.46. The molecule has 0 fully saturated rings. The van der Waals surface area contributed by atoms with Crippen LogP contribution in [0.15, 0.2) is 47.5 Å². The first-order valence-electron chi connectivity index (χ1n) is 5.68. The maximum atomic E-state index is 12.1. The van der Waals surface area contributed by atoms with E-state index in [2.05, 4.69) is 15.1 Å². The largest absolute Gasteiger partial charge is 0.308 e. The van der Waals surface area contributed by atoms with Crippen LogP contribution in [0.4, 0.5) is 5.82 Å². The number of anilines is 1. The fraction of sp³-hybridized carbons (Fsp3) is 0.0833. The second-order valence-electron chi connectivity index (χ2n) is 3.94. The molecule has 4 N–H and O–H groups in total. The summed E-state index contributed by atoms with van der Waals surface area (Å²) in [4.78, 5) is 3.93. The van der Waals surface area contributed by atoms with Crippen LogP contribution >= 0.6 is 11.6 Å². The minimum Gasteiger partial charge on any atom is -0.308 e. The van der Waals surface area contributed by atoms with Crippen molar-refractivity contribution in [1.29, 1.82) is 0 Å². The van der Waals surface area contributed by atoms with Gasteiger partial charge in [-0.15, -0.1) is 0 Å². The number of hydrazine groups is 1. The molecule has 1 heterocycles. The van der Waals surface area contributed by atoms with Crippen molar-refractivity contribution >= 4 is 27.4 Å². The van der Waals surface area contributed by atoms with Gasteiger partial charge in [0, 0.05) is 23.8 Å². The first-order chi connectivity index (χ1) is 9.53. The van der Waals surface area contributed by atoms with Crippen LogP contribution in [0.2, 0.25) is 5.02 Å². The monoisotopic (exact) mass is 312 g/mol. The van der Waals surface area contributed by atoms with Gasteiger partial charge in [-0.3, -0.25) is 0 Å².